The molecule has 23 heavy (non-hydrogen) atoms. The van der Waals surface area contributed by atoms with Crippen molar-refractivity contribution in [2.75, 3.05) is 13.1 Å². The molecule has 0 aliphatic carbocycles. The molecule has 122 valence electrons. The van der Waals surface area contributed by atoms with Gasteiger partial charge in [0.2, 0.25) is 0 Å². The first-order valence-electron chi connectivity index (χ1n) is 7.87. The third kappa shape index (κ3) is 3.67. The molecular weight excluding hydrogens is 294 g/mol. The fourth-order valence-electron chi connectivity index (χ4n) is 2.77. The van der Waals surface area contributed by atoms with Crippen LogP contribution in [-0.4, -0.2) is 44.1 Å². The van der Waals surface area contributed by atoms with Gasteiger partial charge < -0.3 is 9.64 Å². The fraction of sp³-hybridized carbons (Fsp3) is 0.500. The molecule has 0 bridgehead atoms. The van der Waals surface area contributed by atoms with Crippen molar-refractivity contribution in [2.24, 2.45) is 13.0 Å². The molecule has 7 nitrogen and oxygen atoms in total. The first-order chi connectivity index (χ1) is 11.1. The lowest BCUT2D eigenvalue weighted by molar-refractivity contribution is 0.0683. The van der Waals surface area contributed by atoms with Gasteiger partial charge in [0.1, 0.15) is 12.4 Å². The SMILES string of the molecule is C[C@@H]1CCCN(C(=O)c2ccc(OCc3nnnn3C)cc2)C1. The summed E-state index contributed by atoms with van der Waals surface area (Å²) in [7, 11) is 1.76. The van der Waals surface area contributed by atoms with E-state index < -0.39 is 0 Å². The molecule has 0 unspecified atom stereocenters. The van der Waals surface area contributed by atoms with E-state index in [9.17, 15) is 4.79 Å². The molecular formula is C16H21N5O2. The predicted octanol–water partition coefficient (Wildman–Crippen LogP) is 1.66. The van der Waals surface area contributed by atoms with E-state index in [0.29, 0.717) is 29.7 Å². The number of aryl methyl sites for hydroxylation is 1. The van der Waals surface area contributed by atoms with Gasteiger partial charge >= 0.3 is 0 Å². The van der Waals surface area contributed by atoms with E-state index >= 15 is 0 Å². The van der Waals surface area contributed by atoms with Crippen molar-refractivity contribution in [2.45, 2.75) is 26.4 Å². The monoisotopic (exact) mass is 315 g/mol. The Kier molecular flexibility index (Phi) is 4.55. The van der Waals surface area contributed by atoms with E-state index in [4.69, 9.17) is 4.74 Å². The zero-order chi connectivity index (χ0) is 16.2. The minimum Gasteiger partial charge on any atom is -0.486 e. The second-order valence-corrected chi connectivity index (χ2v) is 6.03. The van der Waals surface area contributed by atoms with Crippen LogP contribution < -0.4 is 4.74 Å². The molecule has 1 fully saturated rings. The number of ether oxygens (including phenoxy) is 1. The normalized spacial score (nSPS) is 18.0. The maximum Gasteiger partial charge on any atom is 0.253 e. The second kappa shape index (κ2) is 6.76. The number of hydrogen-bond acceptors (Lipinski definition) is 5. The van der Waals surface area contributed by atoms with Crippen LogP contribution in [0.5, 0.6) is 5.75 Å². The lowest BCUT2D eigenvalue weighted by Gasteiger charge is -2.31. The van der Waals surface area contributed by atoms with Crippen molar-refractivity contribution >= 4 is 5.91 Å². The highest BCUT2D eigenvalue weighted by atomic mass is 16.5. The highest BCUT2D eigenvalue weighted by molar-refractivity contribution is 5.94. The first kappa shape index (κ1) is 15.5. The zero-order valence-electron chi connectivity index (χ0n) is 13.5. The third-order valence-corrected chi connectivity index (χ3v) is 4.12. The molecule has 1 aliphatic heterocycles. The second-order valence-electron chi connectivity index (χ2n) is 6.03. The van der Waals surface area contributed by atoms with Crippen LogP contribution in [0.15, 0.2) is 24.3 Å². The number of nitrogens with zero attached hydrogens (tertiary/aromatic N) is 5. The van der Waals surface area contributed by atoms with Gasteiger partial charge in [-0.25, -0.2) is 4.68 Å². The van der Waals surface area contributed by atoms with Crippen LogP contribution in [0.25, 0.3) is 0 Å². The van der Waals surface area contributed by atoms with Gasteiger partial charge in [-0.05, 0) is 53.5 Å². The van der Waals surface area contributed by atoms with Gasteiger partial charge in [-0.2, -0.15) is 0 Å². The predicted molar refractivity (Wildman–Crippen MR) is 83.9 cm³/mol. The van der Waals surface area contributed by atoms with Crippen molar-refractivity contribution in [1.82, 2.24) is 25.1 Å². The smallest absolute Gasteiger partial charge is 0.253 e. The quantitative estimate of drug-likeness (QED) is 0.858. The van der Waals surface area contributed by atoms with E-state index in [2.05, 4.69) is 22.4 Å². The molecule has 2 heterocycles. The lowest BCUT2D eigenvalue weighted by Crippen LogP contribution is -2.39. The molecule has 1 aliphatic rings. The number of piperidine rings is 1. The van der Waals surface area contributed by atoms with E-state index in [-0.39, 0.29) is 5.91 Å². The Morgan fingerprint density at radius 1 is 1.35 bits per heavy atom. The summed E-state index contributed by atoms with van der Waals surface area (Å²) < 4.78 is 7.21. The molecule has 0 N–H and O–H groups in total. The van der Waals surface area contributed by atoms with Crippen LogP contribution >= 0.6 is 0 Å². The van der Waals surface area contributed by atoms with Gasteiger partial charge in [0.15, 0.2) is 5.82 Å². The summed E-state index contributed by atoms with van der Waals surface area (Å²) in [6, 6.07) is 7.24. The Morgan fingerprint density at radius 2 is 2.13 bits per heavy atom. The number of aromatic nitrogens is 4. The number of likely N-dealkylation sites (tertiary alicyclic amines) is 1. The van der Waals surface area contributed by atoms with Crippen LogP contribution in [0.4, 0.5) is 0 Å². The Hall–Kier alpha value is -2.44. The van der Waals surface area contributed by atoms with E-state index in [1.165, 1.54) is 6.42 Å². The van der Waals surface area contributed by atoms with Gasteiger partial charge in [0, 0.05) is 25.7 Å². The van der Waals surface area contributed by atoms with Crippen molar-refractivity contribution < 1.29 is 9.53 Å². The third-order valence-electron chi connectivity index (χ3n) is 4.12. The molecule has 1 aromatic carbocycles. The van der Waals surface area contributed by atoms with Gasteiger partial charge in [-0.3, -0.25) is 4.79 Å². The van der Waals surface area contributed by atoms with Crippen LogP contribution in [0.2, 0.25) is 0 Å². The maximum absolute atomic E-state index is 12.5. The number of rotatable bonds is 4. The lowest BCUT2D eigenvalue weighted by atomic mass is 9.99. The molecule has 1 aromatic heterocycles. The molecule has 1 atom stereocenters. The minimum absolute atomic E-state index is 0.0978. The number of amides is 1. The Balaban J connectivity index is 1.60. The molecule has 0 spiro atoms. The molecule has 1 saturated heterocycles. The van der Waals surface area contributed by atoms with E-state index in [1.807, 2.05) is 29.2 Å². The number of carbonyl (C=O) groups excluding carboxylic acids is 1. The zero-order valence-corrected chi connectivity index (χ0v) is 13.5. The number of hydrogen-bond donors (Lipinski definition) is 0. The van der Waals surface area contributed by atoms with Gasteiger partial charge in [-0.15, -0.1) is 5.10 Å². The summed E-state index contributed by atoms with van der Waals surface area (Å²) in [6.07, 6.45) is 2.29. The molecule has 1 amide bonds. The van der Waals surface area contributed by atoms with Crippen LogP contribution in [0, 0.1) is 5.92 Å². The van der Waals surface area contributed by atoms with E-state index in [0.717, 1.165) is 19.5 Å². The number of tetrazole rings is 1. The molecule has 0 radical (unpaired) electrons. The van der Waals surface area contributed by atoms with Crippen molar-refractivity contribution in [1.29, 1.82) is 0 Å². The fourth-order valence-corrected chi connectivity index (χ4v) is 2.77. The largest absolute Gasteiger partial charge is 0.486 e. The highest BCUT2D eigenvalue weighted by Crippen LogP contribution is 2.19. The van der Waals surface area contributed by atoms with Crippen molar-refractivity contribution in [3.8, 4) is 5.75 Å². The average Bonchev–Trinajstić information content (AvgIpc) is 2.98. The summed E-state index contributed by atoms with van der Waals surface area (Å²) in [6.45, 7) is 4.18. The molecule has 0 saturated carbocycles. The molecule has 2 aromatic rings. The van der Waals surface area contributed by atoms with Crippen LogP contribution in [0.1, 0.15) is 35.9 Å². The average molecular weight is 315 g/mol. The standard InChI is InChI=1S/C16H21N5O2/c1-12-4-3-9-21(10-12)16(22)13-5-7-14(8-6-13)23-11-15-17-18-19-20(15)2/h5-8,12H,3-4,9-11H2,1-2H3/t12-/m1/s1. The van der Waals surface area contributed by atoms with Gasteiger partial charge in [0.05, 0.1) is 0 Å². The van der Waals surface area contributed by atoms with Crippen molar-refractivity contribution in [3.63, 3.8) is 0 Å². The van der Waals surface area contributed by atoms with Crippen molar-refractivity contribution in [3.05, 3.63) is 35.7 Å². The summed E-state index contributed by atoms with van der Waals surface area (Å²) in [4.78, 5) is 14.4. The summed E-state index contributed by atoms with van der Waals surface area (Å²) in [5, 5.41) is 11.2. The minimum atomic E-state index is 0.0978. The van der Waals surface area contributed by atoms with Crippen LogP contribution in [-0.2, 0) is 13.7 Å². The molecule has 7 heteroatoms. The Bertz CT molecular complexity index is 667. The topological polar surface area (TPSA) is 73.1 Å². The first-order valence-corrected chi connectivity index (χ1v) is 7.87. The molecule has 3 rings (SSSR count). The summed E-state index contributed by atoms with van der Waals surface area (Å²) in [5.41, 5.74) is 0.701. The number of benzene rings is 1. The highest BCUT2D eigenvalue weighted by Gasteiger charge is 2.21. The Labute approximate surface area is 135 Å². The Morgan fingerprint density at radius 3 is 2.78 bits per heavy atom. The maximum atomic E-state index is 12.5. The summed E-state index contributed by atoms with van der Waals surface area (Å²) >= 11 is 0. The van der Waals surface area contributed by atoms with Gasteiger partial charge in [-0.1, -0.05) is 6.92 Å². The summed E-state index contributed by atoms with van der Waals surface area (Å²) in [5.74, 6) is 2.01. The van der Waals surface area contributed by atoms with Crippen LogP contribution in [0.3, 0.4) is 0 Å². The van der Waals surface area contributed by atoms with Gasteiger partial charge in [0.25, 0.3) is 5.91 Å². The number of carbonyl (C=O) groups is 1. The van der Waals surface area contributed by atoms with E-state index in [1.54, 1.807) is 11.7 Å².